The predicted octanol–water partition coefficient (Wildman–Crippen LogP) is 4.35. The number of hydrogen-bond acceptors (Lipinski definition) is 4. The standard InChI is InChI=1S/C19H20Cl2N2O4S/c1-4-9-27-18-7-5-16(6-8-18)22-19(24)13(2)23(28(3,25)26)17-11-14(20)10-15(21)12-17/h4-8,10-13H,1,9H2,2-3H3,(H,22,24). The molecule has 150 valence electrons. The number of amides is 1. The van der Waals surface area contributed by atoms with Crippen LogP contribution in [0, 0.1) is 0 Å². The van der Waals surface area contributed by atoms with Gasteiger partial charge in [0.15, 0.2) is 0 Å². The molecule has 0 aliphatic carbocycles. The molecule has 1 atom stereocenters. The van der Waals surface area contributed by atoms with Crippen molar-refractivity contribution in [2.75, 3.05) is 22.5 Å². The molecule has 2 rings (SSSR count). The van der Waals surface area contributed by atoms with Gasteiger partial charge in [-0.2, -0.15) is 0 Å². The molecule has 0 heterocycles. The minimum absolute atomic E-state index is 0.204. The number of nitrogens with zero attached hydrogens (tertiary/aromatic N) is 1. The summed E-state index contributed by atoms with van der Waals surface area (Å²) in [6, 6.07) is 10.0. The van der Waals surface area contributed by atoms with Crippen LogP contribution in [-0.2, 0) is 14.8 Å². The van der Waals surface area contributed by atoms with E-state index in [4.69, 9.17) is 27.9 Å². The maximum atomic E-state index is 12.7. The molecule has 9 heteroatoms. The van der Waals surface area contributed by atoms with Gasteiger partial charge in [-0.15, -0.1) is 0 Å². The fourth-order valence-electron chi connectivity index (χ4n) is 2.51. The molecule has 0 bridgehead atoms. The smallest absolute Gasteiger partial charge is 0.247 e. The fourth-order valence-corrected chi connectivity index (χ4v) is 4.18. The molecule has 0 fully saturated rings. The summed E-state index contributed by atoms with van der Waals surface area (Å²) in [5, 5.41) is 3.22. The normalized spacial score (nSPS) is 12.1. The van der Waals surface area contributed by atoms with Crippen LogP contribution >= 0.6 is 23.2 Å². The van der Waals surface area contributed by atoms with E-state index in [0.29, 0.717) is 18.0 Å². The summed E-state index contributed by atoms with van der Waals surface area (Å²) in [5.41, 5.74) is 0.705. The topological polar surface area (TPSA) is 75.7 Å². The first kappa shape index (κ1) is 22.1. The van der Waals surface area contributed by atoms with Gasteiger partial charge in [0, 0.05) is 15.7 Å². The van der Waals surface area contributed by atoms with Crippen molar-refractivity contribution < 1.29 is 17.9 Å². The summed E-state index contributed by atoms with van der Waals surface area (Å²) in [4.78, 5) is 12.7. The quantitative estimate of drug-likeness (QED) is 0.616. The van der Waals surface area contributed by atoms with Crippen molar-refractivity contribution in [3.8, 4) is 5.75 Å². The highest BCUT2D eigenvalue weighted by Crippen LogP contribution is 2.29. The number of rotatable bonds is 8. The number of ether oxygens (including phenoxy) is 1. The number of carbonyl (C=O) groups excluding carboxylic acids is 1. The van der Waals surface area contributed by atoms with Crippen molar-refractivity contribution in [3.05, 3.63) is 65.2 Å². The second kappa shape index (κ2) is 9.32. The first-order valence-electron chi connectivity index (χ1n) is 8.22. The number of halogens is 2. The summed E-state index contributed by atoms with van der Waals surface area (Å²) in [6.07, 6.45) is 2.64. The van der Waals surface area contributed by atoms with Gasteiger partial charge in [-0.25, -0.2) is 8.42 Å². The van der Waals surface area contributed by atoms with Crippen LogP contribution < -0.4 is 14.4 Å². The Morgan fingerprint density at radius 2 is 1.79 bits per heavy atom. The van der Waals surface area contributed by atoms with Crippen molar-refractivity contribution in [3.63, 3.8) is 0 Å². The van der Waals surface area contributed by atoms with Gasteiger partial charge >= 0.3 is 0 Å². The predicted molar refractivity (Wildman–Crippen MR) is 114 cm³/mol. The van der Waals surface area contributed by atoms with Crippen molar-refractivity contribution in [1.82, 2.24) is 0 Å². The van der Waals surface area contributed by atoms with Crippen LogP contribution in [0.3, 0.4) is 0 Å². The maximum absolute atomic E-state index is 12.7. The van der Waals surface area contributed by atoms with Gasteiger partial charge in [0.05, 0.1) is 11.9 Å². The Labute approximate surface area is 174 Å². The average Bonchev–Trinajstić information content (AvgIpc) is 2.59. The van der Waals surface area contributed by atoms with Gasteiger partial charge in [-0.1, -0.05) is 35.9 Å². The van der Waals surface area contributed by atoms with Crippen LogP contribution in [0.5, 0.6) is 5.75 Å². The highest BCUT2D eigenvalue weighted by molar-refractivity contribution is 7.92. The van der Waals surface area contributed by atoms with E-state index in [9.17, 15) is 13.2 Å². The van der Waals surface area contributed by atoms with Crippen LogP contribution in [-0.4, -0.2) is 33.2 Å². The van der Waals surface area contributed by atoms with E-state index in [2.05, 4.69) is 11.9 Å². The van der Waals surface area contributed by atoms with Crippen molar-refractivity contribution in [2.24, 2.45) is 0 Å². The van der Waals surface area contributed by atoms with Crippen LogP contribution in [0.2, 0.25) is 10.0 Å². The lowest BCUT2D eigenvalue weighted by Crippen LogP contribution is -2.45. The molecule has 0 radical (unpaired) electrons. The molecule has 28 heavy (non-hydrogen) atoms. The van der Waals surface area contributed by atoms with E-state index in [0.717, 1.165) is 10.6 Å². The first-order chi connectivity index (χ1) is 13.1. The molecule has 0 spiro atoms. The molecule has 2 aromatic rings. The molecule has 6 nitrogen and oxygen atoms in total. The number of anilines is 2. The van der Waals surface area contributed by atoms with Crippen molar-refractivity contribution >= 4 is 50.5 Å². The minimum atomic E-state index is -3.78. The van der Waals surface area contributed by atoms with Gasteiger partial charge < -0.3 is 10.1 Å². The summed E-state index contributed by atoms with van der Waals surface area (Å²) >= 11 is 12.0. The highest BCUT2D eigenvalue weighted by atomic mass is 35.5. The van der Waals surface area contributed by atoms with Crippen LogP contribution in [0.25, 0.3) is 0 Å². The van der Waals surface area contributed by atoms with E-state index < -0.39 is 22.0 Å². The largest absolute Gasteiger partial charge is 0.490 e. The molecular formula is C19H20Cl2N2O4S. The molecule has 1 amide bonds. The number of benzene rings is 2. The molecule has 1 unspecified atom stereocenters. The van der Waals surface area contributed by atoms with E-state index in [1.807, 2.05) is 0 Å². The number of sulfonamides is 1. The van der Waals surface area contributed by atoms with Gasteiger partial charge in [0.25, 0.3) is 0 Å². The molecule has 0 aromatic heterocycles. The minimum Gasteiger partial charge on any atom is -0.490 e. The summed E-state index contributed by atoms with van der Waals surface area (Å²) in [6.45, 7) is 5.42. The Balaban J connectivity index is 2.23. The highest BCUT2D eigenvalue weighted by Gasteiger charge is 2.29. The van der Waals surface area contributed by atoms with E-state index in [1.54, 1.807) is 30.3 Å². The maximum Gasteiger partial charge on any atom is 0.247 e. The Hall–Kier alpha value is -2.22. The Morgan fingerprint density at radius 3 is 2.29 bits per heavy atom. The van der Waals surface area contributed by atoms with E-state index in [-0.39, 0.29) is 15.7 Å². The third kappa shape index (κ3) is 5.89. The van der Waals surface area contributed by atoms with Gasteiger partial charge in [-0.05, 0) is 49.4 Å². The molecule has 0 aliphatic rings. The zero-order chi connectivity index (χ0) is 20.9. The first-order valence-corrected chi connectivity index (χ1v) is 10.8. The Kier molecular flexibility index (Phi) is 7.35. The van der Waals surface area contributed by atoms with E-state index in [1.165, 1.54) is 25.1 Å². The molecular weight excluding hydrogens is 423 g/mol. The molecule has 0 saturated carbocycles. The second-order valence-corrected chi connectivity index (χ2v) is 8.71. The third-order valence-electron chi connectivity index (χ3n) is 3.68. The van der Waals surface area contributed by atoms with Gasteiger partial charge in [-0.3, -0.25) is 9.10 Å². The van der Waals surface area contributed by atoms with Crippen LogP contribution in [0.4, 0.5) is 11.4 Å². The van der Waals surface area contributed by atoms with Gasteiger partial charge in [0.1, 0.15) is 18.4 Å². The summed E-state index contributed by atoms with van der Waals surface area (Å²) < 4.78 is 31.0. The number of nitrogens with one attached hydrogen (secondary N) is 1. The lowest BCUT2D eigenvalue weighted by Gasteiger charge is -2.28. The lowest BCUT2D eigenvalue weighted by molar-refractivity contribution is -0.116. The third-order valence-corrected chi connectivity index (χ3v) is 5.36. The number of hydrogen-bond donors (Lipinski definition) is 1. The zero-order valence-corrected chi connectivity index (χ0v) is 17.7. The Bertz CT molecular complexity index is 942. The average molecular weight is 443 g/mol. The molecule has 2 aromatic carbocycles. The van der Waals surface area contributed by atoms with Crippen LogP contribution in [0.1, 0.15) is 6.92 Å². The monoisotopic (exact) mass is 442 g/mol. The van der Waals surface area contributed by atoms with E-state index >= 15 is 0 Å². The van der Waals surface area contributed by atoms with Crippen molar-refractivity contribution in [2.45, 2.75) is 13.0 Å². The molecule has 1 N–H and O–H groups in total. The second-order valence-electron chi connectivity index (χ2n) is 5.98. The van der Waals surface area contributed by atoms with Gasteiger partial charge in [0.2, 0.25) is 15.9 Å². The molecule has 0 aliphatic heterocycles. The SMILES string of the molecule is C=CCOc1ccc(NC(=O)C(C)N(c2cc(Cl)cc(Cl)c2)S(C)(=O)=O)cc1. The molecule has 0 saturated heterocycles. The lowest BCUT2D eigenvalue weighted by atomic mass is 10.2. The van der Waals surface area contributed by atoms with Crippen LogP contribution in [0.15, 0.2) is 55.1 Å². The summed E-state index contributed by atoms with van der Waals surface area (Å²) in [5.74, 6) is 0.110. The number of carbonyl (C=O) groups is 1. The fraction of sp³-hybridized carbons (Fsp3) is 0.211. The summed E-state index contributed by atoms with van der Waals surface area (Å²) in [7, 11) is -3.78. The Morgan fingerprint density at radius 1 is 1.21 bits per heavy atom. The van der Waals surface area contributed by atoms with Crippen molar-refractivity contribution in [1.29, 1.82) is 0 Å². The zero-order valence-electron chi connectivity index (χ0n) is 15.4.